The lowest BCUT2D eigenvalue weighted by Gasteiger charge is -2.18. The maximum atomic E-state index is 12.8. The van der Waals surface area contributed by atoms with Gasteiger partial charge in [0.15, 0.2) is 0 Å². The Labute approximate surface area is 331 Å². The van der Waals surface area contributed by atoms with E-state index in [1.165, 1.54) is 128 Å². The molecule has 0 aromatic heterocycles. The normalized spacial score (nSPS) is 12.5. The number of nitrogens with one attached hydrogen (secondary N) is 2. The lowest BCUT2D eigenvalue weighted by Crippen LogP contribution is -2.47. The lowest BCUT2D eigenvalue weighted by atomic mass is 10.0. The van der Waals surface area contributed by atoms with Crippen LogP contribution < -0.4 is 10.6 Å². The van der Waals surface area contributed by atoms with Crippen LogP contribution in [0.3, 0.4) is 0 Å². The quantitative estimate of drug-likeness (QED) is 0.0276. The van der Waals surface area contributed by atoms with Crippen LogP contribution >= 0.6 is 0 Å². The zero-order chi connectivity index (χ0) is 39.7. The van der Waals surface area contributed by atoms with Gasteiger partial charge >= 0.3 is 11.9 Å². The minimum Gasteiger partial charge on any atom is -0.480 e. The number of ether oxygens (including phenoxy) is 1. The third-order valence-electron chi connectivity index (χ3n) is 10.3. The number of aliphatic hydroxyl groups is 1. The Bertz CT molecular complexity index is 926. The zero-order valence-electron chi connectivity index (χ0n) is 35.0. The van der Waals surface area contributed by atoms with Crippen molar-refractivity contribution in [1.82, 2.24) is 10.6 Å². The largest absolute Gasteiger partial charge is 0.480 e. The van der Waals surface area contributed by atoms with Crippen LogP contribution in [0.25, 0.3) is 0 Å². The van der Waals surface area contributed by atoms with Crippen LogP contribution in [0, 0.1) is 0 Å². The Morgan fingerprint density at radius 2 is 0.944 bits per heavy atom. The highest BCUT2D eigenvalue weighted by Gasteiger charge is 2.19. The van der Waals surface area contributed by atoms with Crippen LogP contribution in [0.15, 0.2) is 12.2 Å². The molecule has 54 heavy (non-hydrogen) atoms. The second-order valence-electron chi connectivity index (χ2n) is 15.5. The minimum absolute atomic E-state index is 0.0116. The molecule has 0 saturated carbocycles. The van der Waals surface area contributed by atoms with Gasteiger partial charge in [0.2, 0.25) is 11.8 Å². The molecule has 0 spiro atoms. The van der Waals surface area contributed by atoms with Crippen molar-refractivity contribution in [1.29, 1.82) is 0 Å². The SMILES string of the molecule is CCCCCC/C=C\CCCCCCCC(=O)OC(CCCCCCCCCCCCCCC)CCCCCCCC(=O)NCC(=O)NC(CO)C(=O)O. The van der Waals surface area contributed by atoms with Gasteiger partial charge in [-0.2, -0.15) is 0 Å². The van der Waals surface area contributed by atoms with Gasteiger partial charge in [0, 0.05) is 12.8 Å². The number of allylic oxidation sites excluding steroid dienone is 2. The van der Waals surface area contributed by atoms with Gasteiger partial charge in [-0.1, -0.05) is 161 Å². The number of unbranched alkanes of at least 4 members (excludes halogenated alkanes) is 25. The van der Waals surface area contributed by atoms with E-state index in [0.29, 0.717) is 19.3 Å². The van der Waals surface area contributed by atoms with Gasteiger partial charge in [-0.25, -0.2) is 4.79 Å². The van der Waals surface area contributed by atoms with E-state index in [0.717, 1.165) is 64.2 Å². The summed E-state index contributed by atoms with van der Waals surface area (Å²) in [5, 5.41) is 22.6. The smallest absolute Gasteiger partial charge is 0.328 e. The first-order chi connectivity index (χ1) is 26.3. The molecule has 0 aliphatic carbocycles. The van der Waals surface area contributed by atoms with Gasteiger partial charge < -0.3 is 25.6 Å². The van der Waals surface area contributed by atoms with Crippen molar-refractivity contribution in [2.24, 2.45) is 0 Å². The van der Waals surface area contributed by atoms with Crippen molar-refractivity contribution in [2.75, 3.05) is 13.2 Å². The number of esters is 1. The Hall–Kier alpha value is -2.42. The van der Waals surface area contributed by atoms with Crippen LogP contribution in [-0.2, 0) is 23.9 Å². The fraction of sp³-hybridized carbons (Fsp3) is 0.867. The summed E-state index contributed by atoms with van der Waals surface area (Å²) in [5.41, 5.74) is 0. The van der Waals surface area contributed by atoms with Crippen LogP contribution in [0.1, 0.15) is 226 Å². The molecule has 316 valence electrons. The van der Waals surface area contributed by atoms with Crippen molar-refractivity contribution in [3.8, 4) is 0 Å². The van der Waals surface area contributed by atoms with E-state index in [1.807, 2.05) is 0 Å². The van der Waals surface area contributed by atoms with Crippen molar-refractivity contribution in [2.45, 2.75) is 238 Å². The highest BCUT2D eigenvalue weighted by molar-refractivity contribution is 5.87. The van der Waals surface area contributed by atoms with Crippen molar-refractivity contribution < 1.29 is 34.1 Å². The number of hydrogen-bond acceptors (Lipinski definition) is 6. The van der Waals surface area contributed by atoms with E-state index in [-0.39, 0.29) is 24.5 Å². The number of aliphatic carboxylic acids is 1. The molecule has 0 bridgehead atoms. The second kappa shape index (κ2) is 40.2. The molecule has 0 heterocycles. The molecular weight excluding hydrogens is 681 g/mol. The summed E-state index contributed by atoms with van der Waals surface area (Å²) in [6.45, 7) is 3.48. The molecule has 4 N–H and O–H groups in total. The summed E-state index contributed by atoms with van der Waals surface area (Å²) < 4.78 is 6.03. The first kappa shape index (κ1) is 51.6. The molecule has 0 radical (unpaired) electrons. The molecule has 0 aliphatic rings. The third-order valence-corrected chi connectivity index (χ3v) is 10.3. The van der Waals surface area contributed by atoms with E-state index in [4.69, 9.17) is 14.9 Å². The fourth-order valence-corrected chi connectivity index (χ4v) is 6.77. The average molecular weight is 765 g/mol. The number of rotatable bonds is 41. The highest BCUT2D eigenvalue weighted by Crippen LogP contribution is 2.19. The fourth-order valence-electron chi connectivity index (χ4n) is 6.77. The number of amides is 2. The summed E-state index contributed by atoms with van der Waals surface area (Å²) in [6.07, 6.45) is 42.3. The van der Waals surface area contributed by atoms with Gasteiger partial charge in [-0.3, -0.25) is 14.4 Å². The van der Waals surface area contributed by atoms with Crippen LogP contribution in [0.5, 0.6) is 0 Å². The maximum Gasteiger partial charge on any atom is 0.328 e. The summed E-state index contributed by atoms with van der Waals surface area (Å²) in [4.78, 5) is 47.6. The molecule has 0 rings (SSSR count). The maximum absolute atomic E-state index is 12.8. The Morgan fingerprint density at radius 3 is 1.41 bits per heavy atom. The van der Waals surface area contributed by atoms with Crippen LogP contribution in [-0.4, -0.2) is 59.3 Å². The summed E-state index contributed by atoms with van der Waals surface area (Å²) in [6, 6.07) is -1.38. The number of aliphatic hydroxyl groups excluding tert-OH is 1. The molecule has 2 amide bonds. The number of carboxylic acid groups (broad SMARTS) is 1. The molecular formula is C45H84N2O7. The van der Waals surface area contributed by atoms with Crippen molar-refractivity contribution >= 4 is 23.8 Å². The standard InChI is InChI=1S/C45H84N2O7/c1-3-5-7-9-11-13-15-17-19-21-23-26-30-34-40(54-44(51)37-33-29-24-22-20-18-16-14-12-10-8-6-4-2)35-31-27-25-28-32-36-42(49)46-38-43(50)47-41(39-48)45(52)53/h14,16,40-41,48H,3-13,15,17-39H2,1-2H3,(H,46,49)(H,47,50)(H,52,53)/b16-14-. The third kappa shape index (κ3) is 36.6. The Kier molecular flexibility index (Phi) is 38.4. The number of carbonyl (C=O) groups is 4. The number of carboxylic acids is 1. The molecule has 0 fully saturated rings. The summed E-state index contributed by atoms with van der Waals surface area (Å²) in [5.74, 6) is -2.28. The molecule has 2 unspecified atom stereocenters. The average Bonchev–Trinajstić information content (AvgIpc) is 3.15. The van der Waals surface area contributed by atoms with E-state index in [1.54, 1.807) is 0 Å². The number of carbonyl (C=O) groups excluding carboxylic acids is 3. The topological polar surface area (TPSA) is 142 Å². The Balaban J connectivity index is 4.31. The first-order valence-corrected chi connectivity index (χ1v) is 22.6. The molecule has 9 nitrogen and oxygen atoms in total. The summed E-state index contributed by atoms with van der Waals surface area (Å²) >= 11 is 0. The van der Waals surface area contributed by atoms with Gasteiger partial charge in [0.25, 0.3) is 0 Å². The predicted molar refractivity (Wildman–Crippen MR) is 222 cm³/mol. The molecule has 2 atom stereocenters. The van der Waals surface area contributed by atoms with Gasteiger partial charge in [0.05, 0.1) is 13.2 Å². The van der Waals surface area contributed by atoms with Gasteiger partial charge in [-0.05, 0) is 64.2 Å². The predicted octanol–water partition coefficient (Wildman–Crippen LogP) is 11.0. The highest BCUT2D eigenvalue weighted by atomic mass is 16.5. The summed E-state index contributed by atoms with van der Waals surface area (Å²) in [7, 11) is 0. The van der Waals surface area contributed by atoms with E-state index >= 15 is 0 Å². The zero-order valence-corrected chi connectivity index (χ0v) is 35.0. The molecule has 0 aromatic carbocycles. The molecule has 0 aliphatic heterocycles. The second-order valence-corrected chi connectivity index (χ2v) is 15.5. The monoisotopic (exact) mass is 765 g/mol. The van der Waals surface area contributed by atoms with Crippen LogP contribution in [0.4, 0.5) is 0 Å². The van der Waals surface area contributed by atoms with E-state index in [2.05, 4.69) is 36.6 Å². The lowest BCUT2D eigenvalue weighted by molar-refractivity contribution is -0.150. The molecule has 0 saturated heterocycles. The van der Waals surface area contributed by atoms with Crippen LogP contribution in [0.2, 0.25) is 0 Å². The first-order valence-electron chi connectivity index (χ1n) is 22.6. The molecule has 9 heteroatoms. The van der Waals surface area contributed by atoms with Crippen molar-refractivity contribution in [3.05, 3.63) is 12.2 Å². The van der Waals surface area contributed by atoms with E-state index in [9.17, 15) is 19.2 Å². The van der Waals surface area contributed by atoms with Crippen molar-refractivity contribution in [3.63, 3.8) is 0 Å². The van der Waals surface area contributed by atoms with Gasteiger partial charge in [0.1, 0.15) is 12.1 Å². The number of hydrogen-bond donors (Lipinski definition) is 4. The van der Waals surface area contributed by atoms with Gasteiger partial charge in [-0.15, -0.1) is 0 Å². The van der Waals surface area contributed by atoms with E-state index < -0.39 is 24.5 Å². The minimum atomic E-state index is -1.38. The molecule has 0 aromatic rings. The Morgan fingerprint density at radius 1 is 0.537 bits per heavy atom.